The minimum absolute atomic E-state index is 0.128. The second-order valence-corrected chi connectivity index (χ2v) is 8.10. The first kappa shape index (κ1) is 19.0. The Balaban J connectivity index is 1.80. The number of hydrogen-bond donors (Lipinski definition) is 0. The van der Waals surface area contributed by atoms with Crippen LogP contribution in [0.3, 0.4) is 0 Å². The molecule has 27 heavy (non-hydrogen) atoms. The van der Waals surface area contributed by atoms with Crippen LogP contribution < -0.4 is 4.74 Å². The number of para-hydroxylation sites is 1. The maximum Gasteiger partial charge on any atom is 0.127 e. The van der Waals surface area contributed by atoms with Crippen molar-refractivity contribution < 1.29 is 4.74 Å². The Morgan fingerprint density at radius 2 is 1.78 bits per heavy atom. The van der Waals surface area contributed by atoms with Gasteiger partial charge in [0.05, 0.1) is 12.0 Å². The van der Waals surface area contributed by atoms with Gasteiger partial charge in [-0.05, 0) is 60.9 Å². The third-order valence-corrected chi connectivity index (χ3v) is 5.44. The zero-order valence-corrected chi connectivity index (χ0v) is 16.5. The largest absolute Gasteiger partial charge is 0.457 e. The lowest BCUT2D eigenvalue weighted by Crippen LogP contribution is -2.03. The number of ether oxygens (including phenoxy) is 1. The predicted octanol–water partition coefficient (Wildman–Crippen LogP) is 6.88. The van der Waals surface area contributed by atoms with Crippen molar-refractivity contribution in [2.24, 2.45) is 17.3 Å². The van der Waals surface area contributed by atoms with Gasteiger partial charge in [0.1, 0.15) is 11.5 Å². The van der Waals surface area contributed by atoms with Crippen LogP contribution in [0.2, 0.25) is 0 Å². The van der Waals surface area contributed by atoms with Crippen LogP contribution >= 0.6 is 0 Å². The summed E-state index contributed by atoms with van der Waals surface area (Å²) in [5.41, 5.74) is 2.44. The van der Waals surface area contributed by atoms with E-state index in [1.165, 1.54) is 5.57 Å². The monoisotopic (exact) mass is 357 g/mol. The Morgan fingerprint density at radius 1 is 1.07 bits per heavy atom. The van der Waals surface area contributed by atoms with Crippen LogP contribution in [-0.4, -0.2) is 0 Å². The molecule has 1 fully saturated rings. The SMILES string of the molecule is CC(C)=CC=C[C@H]1[C@H](C(C#N)c2cccc(Oc3ccccc3)c2)C1(C)C. The summed E-state index contributed by atoms with van der Waals surface area (Å²) in [6.07, 6.45) is 6.51. The zero-order chi connectivity index (χ0) is 19.4. The maximum absolute atomic E-state index is 9.91. The number of nitriles is 1. The number of hydrogen-bond acceptors (Lipinski definition) is 2. The maximum atomic E-state index is 9.91. The van der Waals surface area contributed by atoms with Gasteiger partial charge in [-0.25, -0.2) is 0 Å². The summed E-state index contributed by atoms with van der Waals surface area (Å²) in [7, 11) is 0. The molecule has 1 saturated carbocycles. The van der Waals surface area contributed by atoms with Crippen molar-refractivity contribution in [3.05, 3.63) is 84.0 Å². The van der Waals surface area contributed by atoms with Crippen LogP contribution in [0.5, 0.6) is 11.5 Å². The quantitative estimate of drug-likeness (QED) is 0.528. The molecule has 0 heterocycles. The molecule has 138 valence electrons. The Bertz CT molecular complexity index is 882. The van der Waals surface area contributed by atoms with Gasteiger partial charge in [0.2, 0.25) is 0 Å². The molecule has 0 spiro atoms. The Kier molecular flexibility index (Phi) is 5.51. The van der Waals surface area contributed by atoms with Gasteiger partial charge in [0.25, 0.3) is 0 Å². The Morgan fingerprint density at radius 3 is 2.44 bits per heavy atom. The number of allylic oxidation sites excluding steroid dienone is 4. The van der Waals surface area contributed by atoms with Crippen LogP contribution in [0.1, 0.15) is 39.2 Å². The first-order valence-corrected chi connectivity index (χ1v) is 9.47. The Labute approximate surface area is 162 Å². The van der Waals surface area contributed by atoms with Crippen molar-refractivity contribution in [3.63, 3.8) is 0 Å². The van der Waals surface area contributed by atoms with Gasteiger partial charge in [0.15, 0.2) is 0 Å². The van der Waals surface area contributed by atoms with E-state index in [1.807, 2.05) is 54.6 Å². The lowest BCUT2D eigenvalue weighted by atomic mass is 9.91. The Hall–Kier alpha value is -2.79. The van der Waals surface area contributed by atoms with Crippen molar-refractivity contribution >= 4 is 0 Å². The van der Waals surface area contributed by atoms with Crippen LogP contribution in [0.15, 0.2) is 78.4 Å². The molecule has 2 aromatic rings. The fraction of sp³-hybridized carbons (Fsp3) is 0.320. The average Bonchev–Trinajstić information content (AvgIpc) is 3.17. The molecule has 0 aliphatic heterocycles. The van der Waals surface area contributed by atoms with Gasteiger partial charge in [-0.1, -0.05) is 68.0 Å². The minimum Gasteiger partial charge on any atom is -0.457 e. The topological polar surface area (TPSA) is 33.0 Å². The molecular weight excluding hydrogens is 330 g/mol. The molecule has 0 aromatic heterocycles. The highest BCUT2D eigenvalue weighted by molar-refractivity contribution is 5.40. The van der Waals surface area contributed by atoms with Crippen LogP contribution in [0.4, 0.5) is 0 Å². The predicted molar refractivity (Wildman–Crippen MR) is 111 cm³/mol. The van der Waals surface area contributed by atoms with E-state index in [2.05, 4.69) is 52.0 Å². The van der Waals surface area contributed by atoms with Gasteiger partial charge < -0.3 is 4.74 Å². The number of rotatable bonds is 6. The smallest absolute Gasteiger partial charge is 0.127 e. The standard InChI is InChI=1S/C25H27NO/c1-18(2)10-8-15-23-24(25(23,3)4)22(17-26)19-11-9-14-21(16-19)27-20-12-6-5-7-13-20/h5-16,22-24H,1-4H3/t22?,23-,24-/m0/s1. The summed E-state index contributed by atoms with van der Waals surface area (Å²) >= 11 is 0. The minimum atomic E-state index is -0.138. The molecule has 2 heteroatoms. The fourth-order valence-electron chi connectivity index (χ4n) is 3.85. The van der Waals surface area contributed by atoms with Gasteiger partial charge >= 0.3 is 0 Å². The van der Waals surface area contributed by atoms with E-state index in [4.69, 9.17) is 4.74 Å². The zero-order valence-electron chi connectivity index (χ0n) is 16.5. The molecule has 0 bridgehead atoms. The second kappa shape index (κ2) is 7.84. The molecule has 3 atom stereocenters. The molecule has 0 radical (unpaired) electrons. The van der Waals surface area contributed by atoms with Crippen LogP contribution in [0.25, 0.3) is 0 Å². The highest BCUT2D eigenvalue weighted by Gasteiger charge is 2.59. The van der Waals surface area contributed by atoms with Gasteiger partial charge in [-0.15, -0.1) is 0 Å². The molecule has 0 amide bonds. The normalized spacial score (nSPS) is 21.3. The van der Waals surface area contributed by atoms with Crippen molar-refractivity contribution in [2.45, 2.75) is 33.6 Å². The van der Waals surface area contributed by atoms with Gasteiger partial charge in [-0.2, -0.15) is 5.26 Å². The molecular formula is C25H27NO. The molecule has 0 N–H and O–H groups in total. The summed E-state index contributed by atoms with van der Waals surface area (Å²) in [4.78, 5) is 0. The number of benzene rings is 2. The van der Waals surface area contributed by atoms with Crippen molar-refractivity contribution in [3.8, 4) is 17.6 Å². The molecule has 1 unspecified atom stereocenters. The highest BCUT2D eigenvalue weighted by Crippen LogP contribution is 2.64. The lowest BCUT2D eigenvalue weighted by Gasteiger charge is -2.13. The molecule has 3 rings (SSSR count). The summed E-state index contributed by atoms with van der Waals surface area (Å²) in [6, 6.07) is 20.2. The first-order valence-electron chi connectivity index (χ1n) is 9.47. The van der Waals surface area contributed by atoms with E-state index in [0.29, 0.717) is 11.8 Å². The van der Waals surface area contributed by atoms with E-state index in [9.17, 15) is 5.26 Å². The summed E-state index contributed by atoms with van der Waals surface area (Å²) in [6.45, 7) is 8.69. The van der Waals surface area contributed by atoms with Crippen LogP contribution in [0, 0.1) is 28.6 Å². The average molecular weight is 357 g/mol. The van der Waals surface area contributed by atoms with Crippen LogP contribution in [-0.2, 0) is 0 Å². The van der Waals surface area contributed by atoms with Gasteiger partial charge in [0, 0.05) is 0 Å². The summed E-state index contributed by atoms with van der Waals surface area (Å²) in [5, 5.41) is 9.91. The van der Waals surface area contributed by atoms with E-state index in [0.717, 1.165) is 17.1 Å². The molecule has 2 aromatic carbocycles. The highest BCUT2D eigenvalue weighted by atomic mass is 16.5. The van der Waals surface area contributed by atoms with E-state index in [-0.39, 0.29) is 11.3 Å². The van der Waals surface area contributed by atoms with Crippen molar-refractivity contribution in [1.82, 2.24) is 0 Å². The molecule has 1 aliphatic carbocycles. The van der Waals surface area contributed by atoms with E-state index >= 15 is 0 Å². The third-order valence-electron chi connectivity index (χ3n) is 5.44. The summed E-state index contributed by atoms with van der Waals surface area (Å²) < 4.78 is 5.95. The fourth-order valence-corrected chi connectivity index (χ4v) is 3.85. The summed E-state index contributed by atoms with van der Waals surface area (Å²) in [5.74, 6) is 2.17. The second-order valence-electron chi connectivity index (χ2n) is 8.10. The van der Waals surface area contributed by atoms with E-state index < -0.39 is 0 Å². The molecule has 0 saturated heterocycles. The number of nitrogens with zero attached hydrogens (tertiary/aromatic N) is 1. The van der Waals surface area contributed by atoms with Gasteiger partial charge in [-0.3, -0.25) is 0 Å². The van der Waals surface area contributed by atoms with E-state index in [1.54, 1.807) is 0 Å². The molecule has 2 nitrogen and oxygen atoms in total. The lowest BCUT2D eigenvalue weighted by molar-refractivity contribution is 0.479. The van der Waals surface area contributed by atoms with Crippen molar-refractivity contribution in [1.29, 1.82) is 5.26 Å². The van der Waals surface area contributed by atoms with Crippen molar-refractivity contribution in [2.75, 3.05) is 0 Å². The first-order chi connectivity index (χ1) is 12.9. The third kappa shape index (κ3) is 4.31. The molecule has 1 aliphatic rings.